The number of phenols is 2. The lowest BCUT2D eigenvalue weighted by Gasteiger charge is -2.07. The minimum atomic E-state index is -0.275. The van der Waals surface area contributed by atoms with E-state index in [1.807, 2.05) is 0 Å². The van der Waals surface area contributed by atoms with Crippen LogP contribution in [0.15, 0.2) is 72.9 Å². The number of fused-ring (bicyclic) bond motifs is 1. The molecular formula is C21H15N3O3. The summed E-state index contributed by atoms with van der Waals surface area (Å²) in [6.07, 6.45) is 1.65. The minimum Gasteiger partial charge on any atom is -0.508 e. The van der Waals surface area contributed by atoms with Crippen molar-refractivity contribution >= 4 is 22.6 Å². The molecule has 0 spiro atoms. The number of benzene rings is 3. The molecule has 27 heavy (non-hydrogen) atoms. The van der Waals surface area contributed by atoms with Crippen LogP contribution < -0.4 is 5.32 Å². The Labute approximate surface area is 154 Å². The van der Waals surface area contributed by atoms with E-state index in [2.05, 4.69) is 15.3 Å². The second kappa shape index (κ2) is 6.76. The lowest BCUT2D eigenvalue weighted by molar-refractivity contribution is 0.102. The number of aromatic nitrogens is 2. The van der Waals surface area contributed by atoms with Crippen LogP contribution in [0.3, 0.4) is 0 Å². The fourth-order valence-corrected chi connectivity index (χ4v) is 2.68. The maximum absolute atomic E-state index is 12.3. The first-order valence-corrected chi connectivity index (χ1v) is 8.25. The van der Waals surface area contributed by atoms with Gasteiger partial charge in [-0.3, -0.25) is 9.78 Å². The molecule has 0 atom stereocenters. The van der Waals surface area contributed by atoms with Gasteiger partial charge in [-0.15, -0.1) is 0 Å². The van der Waals surface area contributed by atoms with E-state index in [1.165, 1.54) is 12.1 Å². The summed E-state index contributed by atoms with van der Waals surface area (Å²) in [7, 11) is 0. The number of hydrogen-bond donors (Lipinski definition) is 3. The van der Waals surface area contributed by atoms with Gasteiger partial charge in [0.1, 0.15) is 11.5 Å². The van der Waals surface area contributed by atoms with E-state index >= 15 is 0 Å². The molecule has 1 aromatic heterocycles. The molecule has 6 nitrogen and oxygen atoms in total. The highest BCUT2D eigenvalue weighted by atomic mass is 16.3. The van der Waals surface area contributed by atoms with Crippen LogP contribution in [0.25, 0.3) is 22.3 Å². The first-order valence-electron chi connectivity index (χ1n) is 8.25. The number of carbonyl (C=O) groups is 1. The molecule has 0 saturated heterocycles. The topological polar surface area (TPSA) is 95.3 Å². The number of phenolic OH excluding ortho intramolecular Hbond substituents is 2. The van der Waals surface area contributed by atoms with Gasteiger partial charge in [0.05, 0.1) is 22.9 Å². The molecule has 3 aromatic carbocycles. The third-order valence-corrected chi connectivity index (χ3v) is 4.09. The molecule has 0 aliphatic carbocycles. The molecule has 0 fully saturated rings. The molecule has 4 aromatic rings. The van der Waals surface area contributed by atoms with Crippen molar-refractivity contribution in [2.75, 3.05) is 5.32 Å². The summed E-state index contributed by atoms with van der Waals surface area (Å²) in [5.74, 6) is 0.0292. The normalized spacial score (nSPS) is 10.7. The third-order valence-electron chi connectivity index (χ3n) is 4.09. The quantitative estimate of drug-likeness (QED) is 0.516. The third kappa shape index (κ3) is 3.55. The predicted octanol–water partition coefficient (Wildman–Crippen LogP) is 3.96. The Balaban J connectivity index is 1.59. The molecule has 6 heteroatoms. The zero-order valence-electron chi connectivity index (χ0n) is 14.1. The Kier molecular flexibility index (Phi) is 4.14. The lowest BCUT2D eigenvalue weighted by atomic mass is 10.1. The minimum absolute atomic E-state index is 0.108. The Hall–Kier alpha value is -3.93. The predicted molar refractivity (Wildman–Crippen MR) is 103 cm³/mol. The van der Waals surface area contributed by atoms with Crippen molar-refractivity contribution in [2.45, 2.75) is 0 Å². The zero-order chi connectivity index (χ0) is 18.8. The van der Waals surface area contributed by atoms with Gasteiger partial charge in [-0.2, -0.15) is 0 Å². The molecular weight excluding hydrogens is 342 g/mol. The van der Waals surface area contributed by atoms with Gasteiger partial charge in [-0.25, -0.2) is 4.98 Å². The number of carbonyl (C=O) groups excluding carboxylic acids is 1. The van der Waals surface area contributed by atoms with Crippen LogP contribution in [-0.2, 0) is 0 Å². The first-order chi connectivity index (χ1) is 13.1. The Morgan fingerprint density at radius 3 is 2.19 bits per heavy atom. The lowest BCUT2D eigenvalue weighted by Crippen LogP contribution is -2.11. The standard InChI is InChI=1S/C21H15N3O3/c25-16-6-1-13(2-7-16)20-12-22-19-11-15(5-10-18(19)24-20)23-21(27)14-3-8-17(26)9-4-14/h1-12,25-26H,(H,23,27). The summed E-state index contributed by atoms with van der Waals surface area (Å²) in [5, 5.41) is 21.5. The fraction of sp³-hybridized carbons (Fsp3) is 0. The summed E-state index contributed by atoms with van der Waals surface area (Å²) in [6.45, 7) is 0. The molecule has 0 radical (unpaired) electrons. The molecule has 0 aliphatic heterocycles. The summed E-state index contributed by atoms with van der Waals surface area (Å²) in [5.41, 5.74) is 3.95. The second-order valence-corrected chi connectivity index (χ2v) is 6.01. The van der Waals surface area contributed by atoms with Gasteiger partial charge in [-0.1, -0.05) is 0 Å². The summed E-state index contributed by atoms with van der Waals surface area (Å²) < 4.78 is 0. The molecule has 3 N–H and O–H groups in total. The molecule has 0 saturated carbocycles. The van der Waals surface area contributed by atoms with Crippen molar-refractivity contribution in [3.05, 3.63) is 78.5 Å². The number of hydrogen-bond acceptors (Lipinski definition) is 5. The maximum atomic E-state index is 12.3. The second-order valence-electron chi connectivity index (χ2n) is 6.01. The van der Waals surface area contributed by atoms with Crippen LogP contribution >= 0.6 is 0 Å². The fourth-order valence-electron chi connectivity index (χ4n) is 2.68. The monoisotopic (exact) mass is 357 g/mol. The smallest absolute Gasteiger partial charge is 0.255 e. The highest BCUT2D eigenvalue weighted by Crippen LogP contribution is 2.23. The number of nitrogens with one attached hydrogen (secondary N) is 1. The molecule has 132 valence electrons. The Morgan fingerprint density at radius 2 is 1.48 bits per heavy atom. The van der Waals surface area contributed by atoms with E-state index in [0.29, 0.717) is 28.0 Å². The van der Waals surface area contributed by atoms with Crippen molar-refractivity contribution in [2.24, 2.45) is 0 Å². The van der Waals surface area contributed by atoms with Gasteiger partial charge < -0.3 is 15.5 Å². The zero-order valence-corrected chi connectivity index (χ0v) is 14.1. The van der Waals surface area contributed by atoms with Crippen LogP contribution in [0.1, 0.15) is 10.4 Å². The average Bonchev–Trinajstić information content (AvgIpc) is 2.68. The molecule has 1 heterocycles. The van der Waals surface area contributed by atoms with Crippen LogP contribution in [0.2, 0.25) is 0 Å². The van der Waals surface area contributed by atoms with Gasteiger partial charge in [0.25, 0.3) is 5.91 Å². The summed E-state index contributed by atoms with van der Waals surface area (Å²) in [6, 6.07) is 18.1. The van der Waals surface area contributed by atoms with Crippen molar-refractivity contribution in [3.63, 3.8) is 0 Å². The van der Waals surface area contributed by atoms with E-state index in [9.17, 15) is 15.0 Å². The maximum Gasteiger partial charge on any atom is 0.255 e. The summed E-state index contributed by atoms with van der Waals surface area (Å²) in [4.78, 5) is 21.3. The van der Waals surface area contributed by atoms with Crippen LogP contribution in [0, 0.1) is 0 Å². The average molecular weight is 357 g/mol. The summed E-state index contributed by atoms with van der Waals surface area (Å²) >= 11 is 0. The van der Waals surface area contributed by atoms with Crippen LogP contribution in [0.5, 0.6) is 11.5 Å². The van der Waals surface area contributed by atoms with E-state index < -0.39 is 0 Å². The van der Waals surface area contributed by atoms with E-state index in [4.69, 9.17) is 0 Å². The highest BCUT2D eigenvalue weighted by Gasteiger charge is 2.08. The largest absolute Gasteiger partial charge is 0.508 e. The Morgan fingerprint density at radius 1 is 0.815 bits per heavy atom. The molecule has 4 rings (SSSR count). The van der Waals surface area contributed by atoms with E-state index in [-0.39, 0.29) is 17.4 Å². The van der Waals surface area contributed by atoms with Crippen molar-refractivity contribution in [1.29, 1.82) is 0 Å². The van der Waals surface area contributed by atoms with Gasteiger partial charge in [-0.05, 0) is 66.7 Å². The first kappa shape index (κ1) is 16.5. The molecule has 1 amide bonds. The van der Waals surface area contributed by atoms with Gasteiger partial charge in [0, 0.05) is 16.8 Å². The number of aromatic hydroxyl groups is 2. The van der Waals surface area contributed by atoms with Crippen molar-refractivity contribution in [3.8, 4) is 22.8 Å². The number of nitrogens with zero attached hydrogens (tertiary/aromatic N) is 2. The Bertz CT molecular complexity index is 1120. The van der Waals surface area contributed by atoms with Crippen molar-refractivity contribution in [1.82, 2.24) is 9.97 Å². The van der Waals surface area contributed by atoms with Crippen molar-refractivity contribution < 1.29 is 15.0 Å². The van der Waals surface area contributed by atoms with E-state index in [1.54, 1.807) is 60.8 Å². The molecule has 0 aliphatic rings. The highest BCUT2D eigenvalue weighted by molar-refractivity contribution is 6.05. The van der Waals surface area contributed by atoms with Crippen LogP contribution in [-0.4, -0.2) is 26.1 Å². The molecule has 0 unspecified atom stereocenters. The van der Waals surface area contributed by atoms with Gasteiger partial charge in [0.15, 0.2) is 0 Å². The number of amides is 1. The number of rotatable bonds is 3. The number of anilines is 1. The van der Waals surface area contributed by atoms with Gasteiger partial charge >= 0.3 is 0 Å². The van der Waals surface area contributed by atoms with E-state index in [0.717, 1.165) is 5.56 Å². The SMILES string of the molecule is O=C(Nc1ccc2nc(-c3ccc(O)cc3)cnc2c1)c1ccc(O)cc1. The van der Waals surface area contributed by atoms with Crippen LogP contribution in [0.4, 0.5) is 5.69 Å². The van der Waals surface area contributed by atoms with Gasteiger partial charge in [0.2, 0.25) is 0 Å². The molecule has 0 bridgehead atoms.